The Balaban J connectivity index is 1.87. The summed E-state index contributed by atoms with van der Waals surface area (Å²) in [5, 5.41) is 0.506. The number of aromatic amines is 1. The van der Waals surface area contributed by atoms with Gasteiger partial charge < -0.3 is 9.72 Å². The highest BCUT2D eigenvalue weighted by Crippen LogP contribution is 2.24. The smallest absolute Gasteiger partial charge is 0.349 e. The van der Waals surface area contributed by atoms with Gasteiger partial charge in [-0.3, -0.25) is 4.79 Å². The van der Waals surface area contributed by atoms with E-state index in [1.165, 1.54) is 11.3 Å². The van der Waals surface area contributed by atoms with Crippen LogP contribution in [0.1, 0.15) is 28.5 Å². The summed E-state index contributed by atoms with van der Waals surface area (Å²) in [6.45, 7) is 1.67. The first-order valence-electron chi connectivity index (χ1n) is 6.50. The summed E-state index contributed by atoms with van der Waals surface area (Å²) in [6.07, 6.45) is -0.648. The molecule has 0 aliphatic rings. The molecule has 0 aliphatic heterocycles. The van der Waals surface area contributed by atoms with Gasteiger partial charge in [0, 0.05) is 0 Å². The Morgan fingerprint density at radius 1 is 1.32 bits per heavy atom. The van der Waals surface area contributed by atoms with Gasteiger partial charge in [-0.25, -0.2) is 9.78 Å². The lowest BCUT2D eigenvalue weighted by molar-refractivity contribution is 0.0326. The van der Waals surface area contributed by atoms with Gasteiger partial charge in [0.25, 0.3) is 5.56 Å². The Labute approximate surface area is 138 Å². The molecular weight excluding hydrogens is 368 g/mol. The molecule has 7 heteroatoms. The zero-order valence-corrected chi connectivity index (χ0v) is 13.9. The van der Waals surface area contributed by atoms with Crippen molar-refractivity contribution in [3.8, 4) is 0 Å². The molecule has 3 aromatic rings. The van der Waals surface area contributed by atoms with Gasteiger partial charge in [-0.2, -0.15) is 0 Å². The Hall–Kier alpha value is -1.99. The number of esters is 1. The summed E-state index contributed by atoms with van der Waals surface area (Å²) in [7, 11) is 0. The van der Waals surface area contributed by atoms with E-state index in [9.17, 15) is 9.59 Å². The van der Waals surface area contributed by atoms with E-state index in [-0.39, 0.29) is 5.56 Å². The summed E-state index contributed by atoms with van der Waals surface area (Å²) in [4.78, 5) is 31.6. The van der Waals surface area contributed by atoms with Crippen LogP contribution in [-0.2, 0) is 4.74 Å². The average Bonchev–Trinajstić information content (AvgIpc) is 2.94. The Bertz CT molecular complexity index is 903. The summed E-state index contributed by atoms with van der Waals surface area (Å²) in [5.74, 6) is -0.119. The predicted molar refractivity (Wildman–Crippen MR) is 88.2 cm³/mol. The highest BCUT2D eigenvalue weighted by Gasteiger charge is 2.18. The normalized spacial score (nSPS) is 12.3. The molecule has 1 atom stereocenters. The second-order valence-electron chi connectivity index (χ2n) is 4.62. The summed E-state index contributed by atoms with van der Waals surface area (Å²) in [6, 6.07) is 10.5. The Morgan fingerprint density at radius 2 is 2.09 bits per heavy atom. The molecule has 0 spiro atoms. The first kappa shape index (κ1) is 14.9. The molecule has 112 valence electrons. The van der Waals surface area contributed by atoms with Gasteiger partial charge in [0.05, 0.1) is 14.7 Å². The molecule has 0 fully saturated rings. The van der Waals surface area contributed by atoms with E-state index >= 15 is 0 Å². The molecule has 1 aromatic carbocycles. The van der Waals surface area contributed by atoms with Gasteiger partial charge in [-0.15, -0.1) is 11.3 Å². The first-order valence-corrected chi connectivity index (χ1v) is 8.11. The fraction of sp³-hybridized carbons (Fsp3) is 0.133. The van der Waals surface area contributed by atoms with E-state index in [0.29, 0.717) is 21.6 Å². The van der Waals surface area contributed by atoms with E-state index in [4.69, 9.17) is 4.74 Å². The molecule has 5 nitrogen and oxygen atoms in total. The van der Waals surface area contributed by atoms with Crippen molar-refractivity contribution < 1.29 is 9.53 Å². The minimum Gasteiger partial charge on any atom is -0.450 e. The lowest BCUT2D eigenvalue weighted by Gasteiger charge is -2.12. The van der Waals surface area contributed by atoms with Crippen LogP contribution in [-0.4, -0.2) is 15.9 Å². The van der Waals surface area contributed by atoms with E-state index in [1.54, 1.807) is 43.3 Å². The number of nitrogens with zero attached hydrogens (tertiary/aromatic N) is 1. The number of rotatable bonds is 3. The van der Waals surface area contributed by atoms with Crippen LogP contribution in [0.4, 0.5) is 0 Å². The van der Waals surface area contributed by atoms with E-state index in [0.717, 1.165) is 3.79 Å². The number of thiophene rings is 1. The molecule has 3 rings (SSSR count). The highest BCUT2D eigenvalue weighted by atomic mass is 79.9. The number of hydrogen-bond acceptors (Lipinski definition) is 5. The zero-order valence-electron chi connectivity index (χ0n) is 11.5. The second-order valence-corrected chi connectivity index (χ2v) is 7.08. The highest BCUT2D eigenvalue weighted by molar-refractivity contribution is 9.11. The fourth-order valence-corrected chi connectivity index (χ4v) is 3.26. The zero-order chi connectivity index (χ0) is 15.7. The third-order valence-corrected chi connectivity index (χ3v) is 4.68. The van der Waals surface area contributed by atoms with E-state index < -0.39 is 12.1 Å². The number of carbonyl (C=O) groups is 1. The minimum absolute atomic E-state index is 0.248. The van der Waals surface area contributed by atoms with Gasteiger partial charge >= 0.3 is 5.97 Å². The van der Waals surface area contributed by atoms with Crippen molar-refractivity contribution >= 4 is 44.1 Å². The first-order chi connectivity index (χ1) is 10.5. The maximum atomic E-state index is 12.0. The van der Waals surface area contributed by atoms with E-state index in [2.05, 4.69) is 25.9 Å². The van der Waals surface area contributed by atoms with Crippen LogP contribution < -0.4 is 5.56 Å². The number of H-pyrrole nitrogens is 1. The van der Waals surface area contributed by atoms with Crippen molar-refractivity contribution in [2.75, 3.05) is 0 Å². The predicted octanol–water partition coefficient (Wildman–Crippen LogP) is 3.67. The fourth-order valence-electron chi connectivity index (χ4n) is 2.00. The number of benzene rings is 1. The van der Waals surface area contributed by atoms with Crippen molar-refractivity contribution in [3.63, 3.8) is 0 Å². The molecular formula is C15H11BrN2O3S. The SMILES string of the molecule is CC(OC(=O)c1ccc(Br)s1)c1nc2ccccc2c(=O)[nH]1. The van der Waals surface area contributed by atoms with Crippen LogP contribution in [0.15, 0.2) is 45.0 Å². The van der Waals surface area contributed by atoms with Gasteiger partial charge in [0.2, 0.25) is 0 Å². The van der Waals surface area contributed by atoms with Crippen LogP contribution in [0.2, 0.25) is 0 Å². The van der Waals surface area contributed by atoms with Crippen LogP contribution in [0, 0.1) is 0 Å². The van der Waals surface area contributed by atoms with Crippen molar-refractivity contribution in [1.29, 1.82) is 0 Å². The maximum Gasteiger partial charge on any atom is 0.349 e. The van der Waals surface area contributed by atoms with Gasteiger partial charge in [0.15, 0.2) is 11.9 Å². The van der Waals surface area contributed by atoms with Gasteiger partial charge in [-0.1, -0.05) is 12.1 Å². The van der Waals surface area contributed by atoms with Gasteiger partial charge in [0.1, 0.15) is 4.88 Å². The third kappa shape index (κ3) is 2.95. The largest absolute Gasteiger partial charge is 0.450 e. The molecule has 2 aromatic heterocycles. The standard InChI is InChI=1S/C15H11BrN2O3S/c1-8(21-15(20)11-6-7-12(16)22-11)13-17-10-5-3-2-4-9(10)14(19)18-13/h2-8H,1H3,(H,17,18,19). The minimum atomic E-state index is -0.648. The molecule has 0 saturated heterocycles. The van der Waals surface area contributed by atoms with Crippen LogP contribution in [0.25, 0.3) is 10.9 Å². The van der Waals surface area contributed by atoms with Gasteiger partial charge in [-0.05, 0) is 47.1 Å². The number of para-hydroxylation sites is 1. The van der Waals surface area contributed by atoms with Crippen molar-refractivity contribution in [1.82, 2.24) is 9.97 Å². The summed E-state index contributed by atoms with van der Waals surface area (Å²) in [5.41, 5.74) is 0.324. The number of nitrogens with one attached hydrogen (secondary N) is 1. The lowest BCUT2D eigenvalue weighted by atomic mass is 10.2. The monoisotopic (exact) mass is 378 g/mol. The number of ether oxygens (including phenoxy) is 1. The topological polar surface area (TPSA) is 72.0 Å². The molecule has 0 saturated carbocycles. The quantitative estimate of drug-likeness (QED) is 0.705. The Morgan fingerprint density at radius 3 is 2.82 bits per heavy atom. The van der Waals surface area contributed by atoms with Crippen molar-refractivity contribution in [2.24, 2.45) is 0 Å². The summed E-state index contributed by atoms with van der Waals surface area (Å²) < 4.78 is 6.21. The van der Waals surface area contributed by atoms with Crippen molar-refractivity contribution in [2.45, 2.75) is 13.0 Å². The second kappa shape index (κ2) is 6.02. The van der Waals surface area contributed by atoms with Crippen molar-refractivity contribution in [3.05, 3.63) is 61.2 Å². The van der Waals surface area contributed by atoms with Crippen LogP contribution in [0.3, 0.4) is 0 Å². The molecule has 0 aliphatic carbocycles. The Kier molecular flexibility index (Phi) is 4.08. The molecule has 2 heterocycles. The molecule has 0 amide bonds. The molecule has 0 bridgehead atoms. The molecule has 0 radical (unpaired) electrons. The number of hydrogen-bond donors (Lipinski definition) is 1. The third-order valence-electron chi connectivity index (χ3n) is 3.07. The van der Waals surface area contributed by atoms with E-state index in [1.807, 2.05) is 0 Å². The molecule has 22 heavy (non-hydrogen) atoms. The number of aromatic nitrogens is 2. The number of carbonyl (C=O) groups excluding carboxylic acids is 1. The number of halogens is 1. The average molecular weight is 379 g/mol. The lowest BCUT2D eigenvalue weighted by Crippen LogP contribution is -2.17. The number of fused-ring (bicyclic) bond motifs is 1. The maximum absolute atomic E-state index is 12.0. The van der Waals surface area contributed by atoms with Crippen LogP contribution in [0.5, 0.6) is 0 Å². The summed E-state index contributed by atoms with van der Waals surface area (Å²) >= 11 is 4.59. The van der Waals surface area contributed by atoms with Crippen LogP contribution >= 0.6 is 27.3 Å². The molecule has 1 N–H and O–H groups in total. The molecule has 1 unspecified atom stereocenters.